The van der Waals surface area contributed by atoms with Gasteiger partial charge >= 0.3 is 0 Å². The van der Waals surface area contributed by atoms with Crippen LogP contribution in [-0.2, 0) is 16.2 Å². The van der Waals surface area contributed by atoms with E-state index < -0.39 is 17.7 Å². The van der Waals surface area contributed by atoms with Gasteiger partial charge in [0.25, 0.3) is 11.7 Å². The molecule has 1 atom stereocenters. The summed E-state index contributed by atoms with van der Waals surface area (Å²) in [5.74, 6) is -1.19. The number of aliphatic hydroxyl groups is 1. The number of ether oxygens (including phenoxy) is 1. The first-order valence-corrected chi connectivity index (χ1v) is 11.8. The second-order valence-corrected chi connectivity index (χ2v) is 8.80. The fraction of sp³-hybridized carbons (Fsp3) is 0.0667. The zero-order valence-corrected chi connectivity index (χ0v) is 19.9. The number of hydrogen-bond acceptors (Lipinski definition) is 4. The number of aliphatic hydroxyl groups excluding tert-OH is 1. The number of carbonyl (C=O) groups excluding carboxylic acids is 2. The molecule has 4 aromatic rings. The molecule has 1 unspecified atom stereocenters. The predicted octanol–water partition coefficient (Wildman–Crippen LogP) is 6.55. The molecule has 36 heavy (non-hydrogen) atoms. The van der Waals surface area contributed by atoms with Crippen LogP contribution in [0.5, 0.6) is 5.75 Å². The summed E-state index contributed by atoms with van der Waals surface area (Å²) < 4.78 is 6.00. The number of Topliss-reactive ketones (excluding diaryl/α,β-unsaturated/α-hetero) is 1. The van der Waals surface area contributed by atoms with E-state index in [0.717, 1.165) is 5.56 Å². The molecule has 1 saturated heterocycles. The quantitative estimate of drug-likeness (QED) is 0.187. The van der Waals surface area contributed by atoms with Crippen LogP contribution in [0, 0.1) is 0 Å². The molecule has 0 bridgehead atoms. The van der Waals surface area contributed by atoms with Gasteiger partial charge < -0.3 is 9.84 Å². The third-order valence-electron chi connectivity index (χ3n) is 6.00. The van der Waals surface area contributed by atoms with Crippen molar-refractivity contribution in [3.63, 3.8) is 0 Å². The summed E-state index contributed by atoms with van der Waals surface area (Å²) in [6.45, 7) is 0.367. The molecule has 5 nitrogen and oxygen atoms in total. The number of carbonyl (C=O) groups is 2. The van der Waals surface area contributed by atoms with Gasteiger partial charge in [0.1, 0.15) is 18.1 Å². The molecule has 1 aliphatic rings. The summed E-state index contributed by atoms with van der Waals surface area (Å²) in [4.78, 5) is 28.0. The van der Waals surface area contributed by atoms with Gasteiger partial charge in [0.15, 0.2) is 0 Å². The lowest BCUT2D eigenvalue weighted by Crippen LogP contribution is -2.29. The molecule has 6 heteroatoms. The van der Waals surface area contributed by atoms with Crippen LogP contribution in [0.15, 0.2) is 115 Å². The SMILES string of the molecule is O=C1C(=O)N(c2ccccc2)C(c2cccc(OCc3ccccc3)c2)/C1=C(/O)c1cccc(Cl)c1. The van der Waals surface area contributed by atoms with E-state index in [-0.39, 0.29) is 11.3 Å². The molecule has 4 aromatic carbocycles. The van der Waals surface area contributed by atoms with Gasteiger partial charge in [-0.2, -0.15) is 0 Å². The first kappa shape index (κ1) is 23.4. The summed E-state index contributed by atoms with van der Waals surface area (Å²) in [7, 11) is 0. The molecule has 0 aromatic heterocycles. The van der Waals surface area contributed by atoms with Gasteiger partial charge in [0.05, 0.1) is 11.6 Å². The highest BCUT2D eigenvalue weighted by molar-refractivity contribution is 6.51. The van der Waals surface area contributed by atoms with E-state index in [0.29, 0.717) is 34.2 Å². The lowest BCUT2D eigenvalue weighted by Gasteiger charge is -2.25. The summed E-state index contributed by atoms with van der Waals surface area (Å²) in [6, 6.07) is 31.6. The first-order valence-electron chi connectivity index (χ1n) is 11.4. The lowest BCUT2D eigenvalue weighted by atomic mass is 9.95. The molecule has 1 heterocycles. The predicted molar refractivity (Wildman–Crippen MR) is 140 cm³/mol. The maximum atomic E-state index is 13.3. The van der Waals surface area contributed by atoms with Crippen molar-refractivity contribution in [1.29, 1.82) is 0 Å². The molecule has 1 amide bonds. The number of ketones is 1. The van der Waals surface area contributed by atoms with Crippen LogP contribution in [0.2, 0.25) is 5.02 Å². The highest BCUT2D eigenvalue weighted by atomic mass is 35.5. The molecule has 0 spiro atoms. The third-order valence-corrected chi connectivity index (χ3v) is 6.23. The lowest BCUT2D eigenvalue weighted by molar-refractivity contribution is -0.132. The van der Waals surface area contributed by atoms with Gasteiger partial charge in [-0.15, -0.1) is 0 Å². The number of amides is 1. The Morgan fingerprint density at radius 3 is 2.25 bits per heavy atom. The minimum atomic E-state index is -0.855. The Bertz CT molecular complexity index is 1450. The van der Waals surface area contributed by atoms with Crippen molar-refractivity contribution in [1.82, 2.24) is 0 Å². The van der Waals surface area contributed by atoms with Gasteiger partial charge in [0, 0.05) is 16.3 Å². The minimum Gasteiger partial charge on any atom is -0.507 e. The average molecular weight is 496 g/mol. The zero-order chi connectivity index (χ0) is 25.1. The molecule has 0 radical (unpaired) electrons. The summed E-state index contributed by atoms with van der Waals surface area (Å²) >= 11 is 6.13. The molecule has 0 saturated carbocycles. The smallest absolute Gasteiger partial charge is 0.300 e. The Hall–Kier alpha value is -4.35. The molecule has 5 rings (SSSR count). The Balaban J connectivity index is 1.60. The highest BCUT2D eigenvalue weighted by Crippen LogP contribution is 2.43. The number of para-hydroxylation sites is 1. The van der Waals surface area contributed by atoms with E-state index >= 15 is 0 Å². The topological polar surface area (TPSA) is 66.8 Å². The van der Waals surface area contributed by atoms with Gasteiger partial charge in [0.2, 0.25) is 0 Å². The molecule has 0 aliphatic carbocycles. The Morgan fingerprint density at radius 1 is 0.833 bits per heavy atom. The molecule has 1 fully saturated rings. The number of benzene rings is 4. The second kappa shape index (κ2) is 10.1. The minimum absolute atomic E-state index is 0.00803. The Morgan fingerprint density at radius 2 is 1.53 bits per heavy atom. The normalized spacial score (nSPS) is 16.8. The van der Waals surface area contributed by atoms with Crippen LogP contribution in [0.25, 0.3) is 5.76 Å². The Kier molecular flexibility index (Phi) is 6.56. The van der Waals surface area contributed by atoms with E-state index in [1.807, 2.05) is 48.5 Å². The van der Waals surface area contributed by atoms with Crippen LogP contribution in [0.4, 0.5) is 5.69 Å². The fourth-order valence-electron chi connectivity index (χ4n) is 4.31. The van der Waals surface area contributed by atoms with Crippen molar-refractivity contribution in [2.45, 2.75) is 12.6 Å². The maximum absolute atomic E-state index is 13.3. The van der Waals surface area contributed by atoms with E-state index in [1.165, 1.54) is 4.90 Å². The van der Waals surface area contributed by atoms with Gasteiger partial charge in [-0.25, -0.2) is 0 Å². The second-order valence-electron chi connectivity index (χ2n) is 8.36. The van der Waals surface area contributed by atoms with Crippen LogP contribution in [-0.4, -0.2) is 16.8 Å². The average Bonchev–Trinajstić information content (AvgIpc) is 3.18. The molecule has 1 aliphatic heterocycles. The fourth-order valence-corrected chi connectivity index (χ4v) is 4.50. The van der Waals surface area contributed by atoms with Crippen molar-refractivity contribution in [2.75, 3.05) is 4.90 Å². The summed E-state index contributed by atoms with van der Waals surface area (Å²) in [5, 5.41) is 11.6. The number of hydrogen-bond donors (Lipinski definition) is 1. The van der Waals surface area contributed by atoms with Crippen molar-refractivity contribution >= 4 is 34.7 Å². The van der Waals surface area contributed by atoms with Crippen molar-refractivity contribution in [2.24, 2.45) is 0 Å². The largest absolute Gasteiger partial charge is 0.507 e. The van der Waals surface area contributed by atoms with E-state index in [9.17, 15) is 14.7 Å². The van der Waals surface area contributed by atoms with Crippen LogP contribution in [0.1, 0.15) is 22.7 Å². The van der Waals surface area contributed by atoms with Crippen LogP contribution in [0.3, 0.4) is 0 Å². The zero-order valence-electron chi connectivity index (χ0n) is 19.2. The van der Waals surface area contributed by atoms with Crippen LogP contribution >= 0.6 is 11.6 Å². The van der Waals surface area contributed by atoms with E-state index in [4.69, 9.17) is 16.3 Å². The van der Waals surface area contributed by atoms with Crippen molar-refractivity contribution in [3.8, 4) is 5.75 Å². The number of rotatable bonds is 6. The first-order chi connectivity index (χ1) is 17.5. The molecular weight excluding hydrogens is 474 g/mol. The monoisotopic (exact) mass is 495 g/mol. The van der Waals surface area contributed by atoms with Crippen molar-refractivity contribution < 1.29 is 19.4 Å². The summed E-state index contributed by atoms with van der Waals surface area (Å²) in [6.07, 6.45) is 0. The van der Waals surface area contributed by atoms with E-state index in [2.05, 4.69) is 0 Å². The van der Waals surface area contributed by atoms with Crippen LogP contribution < -0.4 is 9.64 Å². The third kappa shape index (κ3) is 4.61. The Labute approximate surface area is 213 Å². The number of nitrogens with zero attached hydrogens (tertiary/aromatic N) is 1. The van der Waals surface area contributed by atoms with Gasteiger partial charge in [-0.05, 0) is 47.5 Å². The standard InChI is InChI=1S/C30H22ClNO4/c31-23-13-7-12-22(17-23)28(33)26-27(32(30(35)29(26)34)24-14-5-2-6-15-24)21-11-8-16-25(18-21)36-19-20-9-3-1-4-10-20/h1-18,27,33H,19H2/b28-26-. The molecule has 1 N–H and O–H groups in total. The number of anilines is 1. The summed E-state index contributed by atoms with van der Waals surface area (Å²) in [5.41, 5.74) is 2.54. The van der Waals surface area contributed by atoms with Crippen molar-refractivity contribution in [3.05, 3.63) is 136 Å². The maximum Gasteiger partial charge on any atom is 0.300 e. The molecule has 178 valence electrons. The highest BCUT2D eigenvalue weighted by Gasteiger charge is 2.47. The van der Waals surface area contributed by atoms with E-state index in [1.54, 1.807) is 60.7 Å². The van der Waals surface area contributed by atoms with Gasteiger partial charge in [-0.1, -0.05) is 84.4 Å². The van der Waals surface area contributed by atoms with Gasteiger partial charge in [-0.3, -0.25) is 14.5 Å². The number of halogens is 1. The molecular formula is C30H22ClNO4.